The summed E-state index contributed by atoms with van der Waals surface area (Å²) in [6.07, 6.45) is 3.30. The number of morpholine rings is 1. The van der Waals surface area contributed by atoms with Crippen LogP contribution in [0.3, 0.4) is 0 Å². The molecule has 2 N–H and O–H groups in total. The summed E-state index contributed by atoms with van der Waals surface area (Å²) >= 11 is 0. The zero-order valence-electron chi connectivity index (χ0n) is 13.7. The second kappa shape index (κ2) is 6.44. The van der Waals surface area contributed by atoms with Gasteiger partial charge in [-0.25, -0.2) is 15.0 Å². The average molecular weight is 339 g/mol. The molecule has 0 spiro atoms. The number of methoxy groups -OCH3 is 1. The number of fused-ring (bicyclic) bond motifs is 1. The van der Waals surface area contributed by atoms with Gasteiger partial charge in [-0.2, -0.15) is 9.97 Å². The maximum atomic E-state index is 5.85. The predicted octanol–water partition coefficient (Wildman–Crippen LogP) is 0.909. The number of ether oxygens (including phenoxy) is 2. The summed E-state index contributed by atoms with van der Waals surface area (Å²) in [6.45, 7) is 2.70. The summed E-state index contributed by atoms with van der Waals surface area (Å²) in [5, 5.41) is 0. The number of nitrogens with zero attached hydrogens (tertiary/aromatic N) is 6. The van der Waals surface area contributed by atoms with Crippen LogP contribution in [0.2, 0.25) is 0 Å². The molecule has 1 aliphatic rings. The van der Waals surface area contributed by atoms with Gasteiger partial charge >= 0.3 is 0 Å². The van der Waals surface area contributed by atoms with Gasteiger partial charge in [-0.1, -0.05) is 0 Å². The Balaban J connectivity index is 1.88. The molecule has 1 aliphatic heterocycles. The minimum Gasteiger partial charge on any atom is -0.481 e. The fourth-order valence-electron chi connectivity index (χ4n) is 2.78. The number of nitrogen functional groups attached to an aromatic ring is 1. The van der Waals surface area contributed by atoms with Crippen LogP contribution in [-0.2, 0) is 4.74 Å². The summed E-state index contributed by atoms with van der Waals surface area (Å²) in [7, 11) is 1.57. The normalized spacial score (nSPS) is 14.7. The lowest BCUT2D eigenvalue weighted by molar-refractivity contribution is 0.122. The zero-order valence-corrected chi connectivity index (χ0v) is 13.7. The van der Waals surface area contributed by atoms with Crippen LogP contribution in [0.15, 0.2) is 24.5 Å². The summed E-state index contributed by atoms with van der Waals surface area (Å²) < 4.78 is 10.7. The molecule has 0 unspecified atom stereocenters. The van der Waals surface area contributed by atoms with E-state index in [1.54, 1.807) is 19.5 Å². The van der Waals surface area contributed by atoms with Gasteiger partial charge in [0.1, 0.15) is 0 Å². The van der Waals surface area contributed by atoms with E-state index in [1.807, 2.05) is 12.1 Å². The van der Waals surface area contributed by atoms with Gasteiger partial charge in [-0.05, 0) is 12.1 Å². The molecule has 1 fully saturated rings. The number of hydrogen-bond acceptors (Lipinski definition) is 9. The molecule has 4 heterocycles. The quantitative estimate of drug-likeness (QED) is 0.744. The Kier molecular flexibility index (Phi) is 3.98. The topological polar surface area (TPSA) is 112 Å². The minimum atomic E-state index is 0.176. The van der Waals surface area contributed by atoms with Gasteiger partial charge in [-0.15, -0.1) is 0 Å². The van der Waals surface area contributed by atoms with E-state index in [2.05, 4.69) is 24.8 Å². The summed E-state index contributed by atoms with van der Waals surface area (Å²) in [4.78, 5) is 24.0. The van der Waals surface area contributed by atoms with Gasteiger partial charge in [-0.3, -0.25) is 0 Å². The van der Waals surface area contributed by atoms with Crippen molar-refractivity contribution in [2.45, 2.75) is 0 Å². The molecule has 4 rings (SSSR count). The first kappa shape index (κ1) is 15.5. The molecule has 9 heteroatoms. The van der Waals surface area contributed by atoms with Crippen molar-refractivity contribution in [3.63, 3.8) is 0 Å². The first-order chi connectivity index (χ1) is 12.3. The maximum Gasteiger partial charge on any atom is 0.224 e. The number of aromatic nitrogens is 5. The number of anilines is 2. The Morgan fingerprint density at radius 3 is 2.80 bits per heavy atom. The van der Waals surface area contributed by atoms with Crippen LogP contribution in [0.4, 0.5) is 11.8 Å². The van der Waals surface area contributed by atoms with Crippen molar-refractivity contribution in [1.29, 1.82) is 0 Å². The molecule has 0 aromatic carbocycles. The van der Waals surface area contributed by atoms with Crippen LogP contribution in [0.1, 0.15) is 0 Å². The molecule has 128 valence electrons. The third kappa shape index (κ3) is 2.89. The van der Waals surface area contributed by atoms with Gasteiger partial charge in [0.05, 0.1) is 37.8 Å². The molecule has 3 aromatic rings. The van der Waals surface area contributed by atoms with Crippen LogP contribution < -0.4 is 15.4 Å². The van der Waals surface area contributed by atoms with Crippen molar-refractivity contribution in [3.05, 3.63) is 24.5 Å². The number of nitrogens with two attached hydrogens (primary N) is 1. The smallest absolute Gasteiger partial charge is 0.224 e. The molecule has 3 aromatic heterocycles. The third-order valence-electron chi connectivity index (χ3n) is 3.96. The van der Waals surface area contributed by atoms with E-state index in [1.165, 1.54) is 0 Å². The fraction of sp³-hybridized carbons (Fsp3) is 0.312. The van der Waals surface area contributed by atoms with Gasteiger partial charge in [0, 0.05) is 19.3 Å². The first-order valence-corrected chi connectivity index (χ1v) is 7.88. The van der Waals surface area contributed by atoms with Crippen LogP contribution in [0.25, 0.3) is 22.4 Å². The molecule has 9 nitrogen and oxygen atoms in total. The van der Waals surface area contributed by atoms with Gasteiger partial charge in [0.2, 0.25) is 11.8 Å². The zero-order chi connectivity index (χ0) is 17.2. The highest BCUT2D eigenvalue weighted by Crippen LogP contribution is 2.29. The van der Waals surface area contributed by atoms with E-state index in [0.29, 0.717) is 54.9 Å². The van der Waals surface area contributed by atoms with Crippen molar-refractivity contribution >= 4 is 22.9 Å². The van der Waals surface area contributed by atoms with Crippen LogP contribution in [0, 0.1) is 0 Å². The number of rotatable bonds is 3. The second-order valence-electron chi connectivity index (χ2n) is 5.49. The Hall–Kier alpha value is -3.07. The molecule has 0 aliphatic carbocycles. The van der Waals surface area contributed by atoms with Crippen molar-refractivity contribution in [3.8, 4) is 17.1 Å². The fourth-order valence-corrected chi connectivity index (χ4v) is 2.78. The maximum absolute atomic E-state index is 5.85. The summed E-state index contributed by atoms with van der Waals surface area (Å²) in [5.74, 6) is 1.33. The molecule has 0 atom stereocenters. The third-order valence-corrected chi connectivity index (χ3v) is 3.96. The molecule has 0 amide bonds. The van der Waals surface area contributed by atoms with Crippen molar-refractivity contribution in [2.24, 2.45) is 0 Å². The van der Waals surface area contributed by atoms with Crippen molar-refractivity contribution in [2.75, 3.05) is 44.0 Å². The van der Waals surface area contributed by atoms with E-state index in [-0.39, 0.29) is 5.95 Å². The highest BCUT2D eigenvalue weighted by atomic mass is 16.5. The van der Waals surface area contributed by atoms with Crippen molar-refractivity contribution < 1.29 is 9.47 Å². The molecule has 0 radical (unpaired) electrons. The molecule has 25 heavy (non-hydrogen) atoms. The SMILES string of the molecule is COc1ncccc1-c1cnc2nc(N)nc(N3CCOCC3)c2n1. The number of pyridine rings is 1. The monoisotopic (exact) mass is 339 g/mol. The van der Waals surface area contributed by atoms with E-state index in [9.17, 15) is 0 Å². The predicted molar refractivity (Wildman–Crippen MR) is 92.4 cm³/mol. The van der Waals surface area contributed by atoms with Crippen LogP contribution in [-0.4, -0.2) is 58.3 Å². The lowest BCUT2D eigenvalue weighted by atomic mass is 10.2. The molecular weight excluding hydrogens is 322 g/mol. The van der Waals surface area contributed by atoms with Crippen LogP contribution in [0.5, 0.6) is 5.88 Å². The Morgan fingerprint density at radius 1 is 1.16 bits per heavy atom. The highest BCUT2D eigenvalue weighted by molar-refractivity contribution is 5.86. The van der Waals surface area contributed by atoms with E-state index in [4.69, 9.17) is 20.2 Å². The lowest BCUT2D eigenvalue weighted by Crippen LogP contribution is -2.37. The first-order valence-electron chi connectivity index (χ1n) is 7.88. The van der Waals surface area contributed by atoms with E-state index >= 15 is 0 Å². The second-order valence-corrected chi connectivity index (χ2v) is 5.49. The summed E-state index contributed by atoms with van der Waals surface area (Å²) in [6, 6.07) is 3.71. The molecular formula is C16H17N7O2. The largest absolute Gasteiger partial charge is 0.481 e. The molecule has 0 bridgehead atoms. The van der Waals surface area contributed by atoms with Gasteiger partial charge < -0.3 is 20.1 Å². The van der Waals surface area contributed by atoms with Crippen LogP contribution >= 0.6 is 0 Å². The minimum absolute atomic E-state index is 0.176. The van der Waals surface area contributed by atoms with E-state index < -0.39 is 0 Å². The van der Waals surface area contributed by atoms with Gasteiger partial charge in [0.25, 0.3) is 0 Å². The number of hydrogen-bond donors (Lipinski definition) is 1. The Morgan fingerprint density at radius 2 is 2.00 bits per heavy atom. The van der Waals surface area contributed by atoms with E-state index in [0.717, 1.165) is 5.56 Å². The molecule has 0 saturated carbocycles. The van der Waals surface area contributed by atoms with Crippen molar-refractivity contribution in [1.82, 2.24) is 24.9 Å². The standard InChI is InChI=1S/C16H17N7O2/c1-24-15-10(3-2-4-18-15)11-9-19-13-12(20-11)14(22-16(17)21-13)23-5-7-25-8-6-23/h2-4,9H,5-8H2,1H3,(H2,17,19,21,22). The Bertz CT molecular complexity index is 912. The Labute approximate surface area is 143 Å². The van der Waals surface area contributed by atoms with Gasteiger partial charge in [0.15, 0.2) is 17.0 Å². The molecule has 1 saturated heterocycles. The summed E-state index contributed by atoms with van der Waals surface area (Å²) in [5.41, 5.74) is 8.30. The highest BCUT2D eigenvalue weighted by Gasteiger charge is 2.20. The lowest BCUT2D eigenvalue weighted by Gasteiger charge is -2.28. The average Bonchev–Trinajstić information content (AvgIpc) is 2.67.